The zero-order valence-corrected chi connectivity index (χ0v) is 18.8. The van der Waals surface area contributed by atoms with Gasteiger partial charge in [0.1, 0.15) is 24.1 Å². The molecule has 2 aliphatic heterocycles. The van der Waals surface area contributed by atoms with Gasteiger partial charge in [-0.2, -0.15) is 0 Å². The van der Waals surface area contributed by atoms with Crippen LogP contribution in [-0.4, -0.2) is 59.2 Å². The van der Waals surface area contributed by atoms with Crippen molar-refractivity contribution in [2.24, 2.45) is 5.41 Å². The molecule has 5 rings (SSSR count). The summed E-state index contributed by atoms with van der Waals surface area (Å²) in [5, 5.41) is 22.5. The lowest BCUT2D eigenvalue weighted by Gasteiger charge is -2.26. The number of hydrogen-bond acceptors (Lipinski definition) is 6. The van der Waals surface area contributed by atoms with Crippen molar-refractivity contribution in [2.45, 2.75) is 95.2 Å². The number of aliphatic hydroxyl groups excluding tert-OH is 2. The van der Waals surface area contributed by atoms with Crippen molar-refractivity contribution < 1.29 is 33.6 Å². The van der Waals surface area contributed by atoms with Gasteiger partial charge < -0.3 is 29.7 Å². The fourth-order valence-corrected chi connectivity index (χ4v) is 4.90. The molecule has 0 bridgehead atoms. The van der Waals surface area contributed by atoms with Gasteiger partial charge in [0, 0.05) is 5.56 Å². The summed E-state index contributed by atoms with van der Waals surface area (Å²) >= 11 is 0. The molecule has 2 heterocycles. The predicted octanol–water partition coefficient (Wildman–Crippen LogP) is 2.88. The molecule has 2 saturated carbocycles. The quantitative estimate of drug-likeness (QED) is 0.654. The third-order valence-electron chi connectivity index (χ3n) is 6.96. The van der Waals surface area contributed by atoms with Crippen LogP contribution in [0.1, 0.15) is 69.2 Å². The van der Waals surface area contributed by atoms with Gasteiger partial charge in [0.15, 0.2) is 12.1 Å². The van der Waals surface area contributed by atoms with E-state index in [4.69, 9.17) is 14.2 Å². The number of nitrogens with one attached hydrogen (secondary N) is 1. The molecule has 32 heavy (non-hydrogen) atoms. The number of carbonyl (C=O) groups is 1. The zero-order chi connectivity index (χ0) is 22.9. The Morgan fingerprint density at radius 2 is 1.84 bits per heavy atom. The maximum Gasteiger partial charge on any atom is 0.251 e. The fraction of sp³-hybridized carbons (Fsp3) is 0.708. The molecular weight excluding hydrogens is 417 g/mol. The summed E-state index contributed by atoms with van der Waals surface area (Å²) in [6.45, 7) is 3.66. The Hall–Kier alpha value is -1.58. The smallest absolute Gasteiger partial charge is 0.251 e. The topological polar surface area (TPSA) is 97.3 Å². The van der Waals surface area contributed by atoms with Crippen LogP contribution in [0.2, 0.25) is 0 Å². The Kier molecular flexibility index (Phi) is 6.89. The SMILES string of the molecule is C1CCC2(CC1)CC2.CC1(C)OC[C@H]([C@H]2O[C@H](O)[C@H](O)[C@@H]2NC(=O)c2cccc(F)c2)O1. The van der Waals surface area contributed by atoms with Gasteiger partial charge in [-0.1, -0.05) is 25.3 Å². The minimum absolute atomic E-state index is 0.103. The highest BCUT2D eigenvalue weighted by Gasteiger charge is 2.51. The van der Waals surface area contributed by atoms with E-state index in [1.54, 1.807) is 39.5 Å². The van der Waals surface area contributed by atoms with E-state index in [0.29, 0.717) is 0 Å². The Bertz CT molecular complexity index is 805. The first-order valence-electron chi connectivity index (χ1n) is 11.6. The van der Waals surface area contributed by atoms with Crippen molar-refractivity contribution >= 4 is 5.91 Å². The summed E-state index contributed by atoms with van der Waals surface area (Å²) in [5.74, 6) is -1.94. The summed E-state index contributed by atoms with van der Waals surface area (Å²) in [7, 11) is 0. The molecule has 0 unspecified atom stereocenters. The predicted molar refractivity (Wildman–Crippen MR) is 114 cm³/mol. The van der Waals surface area contributed by atoms with Crippen LogP contribution >= 0.6 is 0 Å². The van der Waals surface area contributed by atoms with Gasteiger partial charge in [-0.15, -0.1) is 0 Å². The molecule has 0 radical (unpaired) electrons. The van der Waals surface area contributed by atoms with Crippen LogP contribution in [0.25, 0.3) is 0 Å². The number of amides is 1. The minimum atomic E-state index is -1.46. The second-order valence-corrected chi connectivity index (χ2v) is 9.92. The Morgan fingerprint density at radius 1 is 1.12 bits per heavy atom. The summed E-state index contributed by atoms with van der Waals surface area (Å²) in [6, 6.07) is 4.25. The Labute approximate surface area is 188 Å². The van der Waals surface area contributed by atoms with E-state index in [1.807, 2.05) is 0 Å². The van der Waals surface area contributed by atoms with Gasteiger partial charge in [0.05, 0.1) is 12.6 Å². The van der Waals surface area contributed by atoms with E-state index in [1.165, 1.54) is 37.5 Å². The number of aliphatic hydroxyl groups is 2. The first-order chi connectivity index (χ1) is 15.2. The Balaban J connectivity index is 0.000000254. The number of halogens is 1. The normalized spacial score (nSPS) is 34.6. The molecule has 2 aliphatic carbocycles. The van der Waals surface area contributed by atoms with Gasteiger partial charge in [-0.25, -0.2) is 4.39 Å². The van der Waals surface area contributed by atoms with Crippen LogP contribution in [0.15, 0.2) is 24.3 Å². The van der Waals surface area contributed by atoms with Crippen LogP contribution in [0.5, 0.6) is 0 Å². The fourth-order valence-electron chi connectivity index (χ4n) is 4.90. The van der Waals surface area contributed by atoms with Gasteiger partial charge >= 0.3 is 0 Å². The van der Waals surface area contributed by atoms with Gasteiger partial charge in [0.2, 0.25) is 0 Å². The monoisotopic (exact) mass is 451 g/mol. The largest absolute Gasteiger partial charge is 0.386 e. The lowest BCUT2D eigenvalue weighted by molar-refractivity contribution is -0.175. The molecule has 8 heteroatoms. The number of hydrogen-bond donors (Lipinski definition) is 3. The Morgan fingerprint density at radius 3 is 2.41 bits per heavy atom. The van der Waals surface area contributed by atoms with Crippen molar-refractivity contribution in [1.82, 2.24) is 5.32 Å². The van der Waals surface area contributed by atoms with E-state index in [9.17, 15) is 19.4 Å². The average molecular weight is 452 g/mol. The zero-order valence-electron chi connectivity index (χ0n) is 18.8. The third-order valence-corrected chi connectivity index (χ3v) is 6.96. The highest BCUT2D eigenvalue weighted by atomic mass is 19.1. The molecule has 1 spiro atoms. The van der Waals surface area contributed by atoms with Crippen LogP contribution < -0.4 is 5.32 Å². The van der Waals surface area contributed by atoms with Crippen LogP contribution in [0, 0.1) is 11.2 Å². The molecule has 178 valence electrons. The van der Waals surface area contributed by atoms with Crippen molar-refractivity contribution in [1.29, 1.82) is 0 Å². The van der Waals surface area contributed by atoms with Crippen molar-refractivity contribution in [3.8, 4) is 0 Å². The van der Waals surface area contributed by atoms with Gasteiger partial charge in [-0.3, -0.25) is 4.79 Å². The van der Waals surface area contributed by atoms with Crippen LogP contribution in [0.3, 0.4) is 0 Å². The summed E-state index contributed by atoms with van der Waals surface area (Å²) < 4.78 is 29.7. The summed E-state index contributed by atoms with van der Waals surface area (Å²) in [6.07, 6.45) is 6.67. The number of benzene rings is 1. The van der Waals surface area contributed by atoms with Gasteiger partial charge in [-0.05, 0) is 63.1 Å². The molecule has 5 atom stereocenters. The molecule has 1 aromatic rings. The van der Waals surface area contributed by atoms with Gasteiger partial charge in [0.25, 0.3) is 5.91 Å². The minimum Gasteiger partial charge on any atom is -0.386 e. The maximum atomic E-state index is 13.3. The molecule has 2 saturated heterocycles. The molecule has 1 aromatic carbocycles. The highest BCUT2D eigenvalue weighted by molar-refractivity contribution is 5.94. The lowest BCUT2D eigenvalue weighted by atomic mass is 9.87. The van der Waals surface area contributed by atoms with E-state index >= 15 is 0 Å². The molecule has 0 aromatic heterocycles. The van der Waals surface area contributed by atoms with Crippen molar-refractivity contribution in [2.75, 3.05) is 6.61 Å². The number of ether oxygens (including phenoxy) is 3. The number of carbonyl (C=O) groups excluding carboxylic acids is 1. The van der Waals surface area contributed by atoms with E-state index in [2.05, 4.69) is 5.32 Å². The number of rotatable bonds is 3. The lowest BCUT2D eigenvalue weighted by Crippen LogP contribution is -2.51. The van der Waals surface area contributed by atoms with Crippen LogP contribution in [-0.2, 0) is 14.2 Å². The second-order valence-electron chi connectivity index (χ2n) is 9.92. The summed E-state index contributed by atoms with van der Waals surface area (Å²) in [4.78, 5) is 12.3. The van der Waals surface area contributed by atoms with Crippen LogP contribution in [0.4, 0.5) is 4.39 Å². The van der Waals surface area contributed by atoms with E-state index < -0.39 is 48.2 Å². The summed E-state index contributed by atoms with van der Waals surface area (Å²) in [5.41, 5.74) is 1.03. The standard InChI is InChI=1S/C16H20FNO6.C8H14/c1-16(2)22-7-10(24-16)13-11(12(19)15(21)23-13)18-14(20)8-4-3-5-9(17)6-8;1-2-4-8(5-3-1)6-7-8/h3-6,10-13,15,19,21H,7H2,1-2H3,(H,18,20);1-7H2/t10-,11+,12-,13-,15+;/m1./s1. The average Bonchev–Trinajstić information content (AvgIpc) is 3.31. The van der Waals surface area contributed by atoms with Crippen molar-refractivity contribution in [3.63, 3.8) is 0 Å². The molecule has 3 N–H and O–H groups in total. The van der Waals surface area contributed by atoms with E-state index in [-0.39, 0.29) is 12.2 Å². The highest BCUT2D eigenvalue weighted by Crippen LogP contribution is 2.55. The third kappa shape index (κ3) is 5.48. The second kappa shape index (κ2) is 9.35. The molecule has 4 aliphatic rings. The molecular formula is C24H34FNO6. The molecule has 1 amide bonds. The molecule has 4 fully saturated rings. The first-order valence-corrected chi connectivity index (χ1v) is 11.6. The maximum absolute atomic E-state index is 13.3. The van der Waals surface area contributed by atoms with Crippen molar-refractivity contribution in [3.05, 3.63) is 35.6 Å². The molecule has 7 nitrogen and oxygen atoms in total. The van der Waals surface area contributed by atoms with E-state index in [0.717, 1.165) is 11.5 Å². The first kappa shape index (κ1) is 23.6.